The third kappa shape index (κ3) is 3.73. The Hall–Kier alpha value is -3.19. The molecule has 0 aliphatic rings. The number of alkyl halides is 3. The van der Waals surface area contributed by atoms with Crippen molar-refractivity contribution in [2.75, 3.05) is 0 Å². The third-order valence-corrected chi connectivity index (χ3v) is 4.83. The van der Waals surface area contributed by atoms with Gasteiger partial charge in [0.15, 0.2) is 0 Å². The van der Waals surface area contributed by atoms with Crippen LogP contribution in [-0.4, -0.2) is 16.8 Å². The monoisotopic (exact) mass is 418 g/mol. The first-order valence-electron chi connectivity index (χ1n) is 8.58. The van der Waals surface area contributed by atoms with Gasteiger partial charge >= 0.3 is 6.36 Å². The van der Waals surface area contributed by atoms with Gasteiger partial charge in [-0.1, -0.05) is 35.9 Å². The minimum absolute atomic E-state index is 0.248. The van der Waals surface area contributed by atoms with E-state index in [4.69, 9.17) is 17.3 Å². The number of primary amides is 1. The van der Waals surface area contributed by atoms with Crippen LogP contribution in [-0.2, 0) is 6.54 Å². The summed E-state index contributed by atoms with van der Waals surface area (Å²) in [6.07, 6.45) is -4.77. The molecule has 0 aliphatic carbocycles. The summed E-state index contributed by atoms with van der Waals surface area (Å²) in [6, 6.07) is 16.2. The van der Waals surface area contributed by atoms with E-state index in [9.17, 15) is 18.0 Å². The highest BCUT2D eigenvalue weighted by Crippen LogP contribution is 2.34. The average Bonchev–Trinajstić information content (AvgIpc) is 2.94. The summed E-state index contributed by atoms with van der Waals surface area (Å²) in [7, 11) is 0. The molecule has 1 heterocycles. The van der Waals surface area contributed by atoms with E-state index in [-0.39, 0.29) is 12.3 Å². The maximum absolute atomic E-state index is 12.5. The highest BCUT2D eigenvalue weighted by Gasteiger charge is 2.31. The highest BCUT2D eigenvalue weighted by atomic mass is 35.5. The second kappa shape index (κ2) is 7.00. The second-order valence-corrected chi connectivity index (χ2v) is 6.94. The zero-order valence-corrected chi connectivity index (χ0v) is 15.6. The molecular weight excluding hydrogens is 405 g/mol. The molecule has 0 unspecified atom stereocenters. The van der Waals surface area contributed by atoms with Gasteiger partial charge in [-0.05, 0) is 42.0 Å². The normalized spacial score (nSPS) is 11.9. The average molecular weight is 419 g/mol. The molecular formula is C21H14ClF3N2O2. The van der Waals surface area contributed by atoms with Crippen LogP contribution < -0.4 is 10.5 Å². The standard InChI is InChI=1S/C21H14ClF3N2O2/c22-13-7-8-15-18(10-13)27(17-6-2-5-16(19(15)17)20(26)28)11-12-3-1-4-14(9-12)29-21(23,24)25/h1-10H,11H2,(H2,26,28). The molecule has 1 amide bonds. The first-order valence-corrected chi connectivity index (χ1v) is 8.96. The van der Waals surface area contributed by atoms with Crippen LogP contribution in [0.15, 0.2) is 60.7 Å². The number of nitrogens with zero attached hydrogens (tertiary/aromatic N) is 1. The molecule has 4 nitrogen and oxygen atoms in total. The minimum atomic E-state index is -4.77. The molecule has 0 atom stereocenters. The zero-order valence-electron chi connectivity index (χ0n) is 14.8. The Morgan fingerprint density at radius 2 is 1.79 bits per heavy atom. The Labute approximate surface area is 168 Å². The number of fused-ring (bicyclic) bond motifs is 3. The Balaban J connectivity index is 1.90. The Kier molecular flexibility index (Phi) is 4.62. The predicted molar refractivity (Wildman–Crippen MR) is 105 cm³/mol. The van der Waals surface area contributed by atoms with Gasteiger partial charge < -0.3 is 15.0 Å². The van der Waals surface area contributed by atoms with Gasteiger partial charge in [0.2, 0.25) is 5.91 Å². The van der Waals surface area contributed by atoms with Crippen LogP contribution in [0, 0.1) is 0 Å². The van der Waals surface area contributed by atoms with E-state index in [2.05, 4.69) is 4.74 Å². The van der Waals surface area contributed by atoms with Crippen molar-refractivity contribution in [1.82, 2.24) is 4.57 Å². The lowest BCUT2D eigenvalue weighted by molar-refractivity contribution is -0.274. The number of hydrogen-bond donors (Lipinski definition) is 1. The number of aromatic nitrogens is 1. The van der Waals surface area contributed by atoms with E-state index in [0.717, 1.165) is 16.4 Å². The Morgan fingerprint density at radius 1 is 1.03 bits per heavy atom. The molecule has 29 heavy (non-hydrogen) atoms. The number of amides is 1. The molecule has 0 fully saturated rings. The fraction of sp³-hybridized carbons (Fsp3) is 0.0952. The van der Waals surface area contributed by atoms with Gasteiger partial charge in [0.05, 0.1) is 11.0 Å². The van der Waals surface area contributed by atoms with Gasteiger partial charge in [-0.15, -0.1) is 13.2 Å². The van der Waals surface area contributed by atoms with Crippen LogP contribution in [0.4, 0.5) is 13.2 Å². The third-order valence-electron chi connectivity index (χ3n) is 4.59. The number of halogens is 4. The SMILES string of the molecule is NC(=O)c1cccc2c1c1ccc(Cl)cc1n2Cc1cccc(OC(F)(F)F)c1. The number of carbonyl (C=O) groups excluding carboxylic acids is 1. The molecule has 3 aromatic carbocycles. The molecule has 1 aromatic heterocycles. The van der Waals surface area contributed by atoms with Gasteiger partial charge in [0, 0.05) is 27.9 Å². The smallest absolute Gasteiger partial charge is 0.406 e. The molecule has 0 saturated carbocycles. The predicted octanol–water partition coefficient (Wildman–Crippen LogP) is 5.49. The first kappa shape index (κ1) is 19.1. The van der Waals surface area contributed by atoms with Crippen LogP contribution in [0.1, 0.15) is 15.9 Å². The summed E-state index contributed by atoms with van der Waals surface area (Å²) in [5.41, 5.74) is 7.96. The summed E-state index contributed by atoms with van der Waals surface area (Å²) < 4.78 is 43.5. The van der Waals surface area contributed by atoms with Gasteiger partial charge in [0.25, 0.3) is 0 Å². The fourth-order valence-electron chi connectivity index (χ4n) is 3.52. The molecule has 0 radical (unpaired) electrons. The lowest BCUT2D eigenvalue weighted by Gasteiger charge is -2.12. The van der Waals surface area contributed by atoms with Gasteiger partial charge in [-0.25, -0.2) is 0 Å². The van der Waals surface area contributed by atoms with Crippen molar-refractivity contribution in [2.24, 2.45) is 5.73 Å². The van der Waals surface area contributed by atoms with E-state index in [0.29, 0.717) is 21.5 Å². The van der Waals surface area contributed by atoms with Gasteiger partial charge in [-0.2, -0.15) is 0 Å². The minimum Gasteiger partial charge on any atom is -0.406 e. The van der Waals surface area contributed by atoms with E-state index >= 15 is 0 Å². The molecule has 0 bridgehead atoms. The molecule has 4 aromatic rings. The molecule has 8 heteroatoms. The van der Waals surface area contributed by atoms with Crippen LogP contribution in [0.5, 0.6) is 5.75 Å². The highest BCUT2D eigenvalue weighted by molar-refractivity contribution is 6.32. The number of carbonyl (C=O) groups is 1. The van der Waals surface area contributed by atoms with E-state index in [1.165, 1.54) is 18.2 Å². The summed E-state index contributed by atoms with van der Waals surface area (Å²) in [5, 5.41) is 1.95. The Bertz CT molecular complexity index is 1250. The van der Waals surface area contributed by atoms with Crippen molar-refractivity contribution < 1.29 is 22.7 Å². The first-order chi connectivity index (χ1) is 13.7. The Morgan fingerprint density at radius 3 is 2.52 bits per heavy atom. The van der Waals surface area contributed by atoms with Crippen LogP contribution in [0.25, 0.3) is 21.8 Å². The number of ether oxygens (including phenoxy) is 1. The van der Waals surface area contributed by atoms with Crippen molar-refractivity contribution >= 4 is 39.3 Å². The molecule has 2 N–H and O–H groups in total. The maximum atomic E-state index is 12.5. The molecule has 4 rings (SSSR count). The van der Waals surface area contributed by atoms with Crippen LogP contribution >= 0.6 is 11.6 Å². The second-order valence-electron chi connectivity index (χ2n) is 6.51. The summed E-state index contributed by atoms with van der Waals surface area (Å²) in [5.74, 6) is -0.864. The van der Waals surface area contributed by atoms with Crippen LogP contribution in [0.3, 0.4) is 0 Å². The molecule has 0 aliphatic heterocycles. The van der Waals surface area contributed by atoms with Crippen molar-refractivity contribution in [3.8, 4) is 5.75 Å². The van der Waals surface area contributed by atoms with Crippen molar-refractivity contribution in [1.29, 1.82) is 0 Å². The topological polar surface area (TPSA) is 57.2 Å². The number of rotatable bonds is 4. The van der Waals surface area contributed by atoms with E-state index in [1.54, 1.807) is 36.4 Å². The molecule has 148 valence electrons. The van der Waals surface area contributed by atoms with Crippen LogP contribution in [0.2, 0.25) is 5.02 Å². The molecule has 0 spiro atoms. The lowest BCUT2D eigenvalue weighted by atomic mass is 10.1. The maximum Gasteiger partial charge on any atom is 0.573 e. The number of nitrogens with two attached hydrogens (primary N) is 1. The fourth-order valence-corrected chi connectivity index (χ4v) is 3.68. The van der Waals surface area contributed by atoms with Crippen molar-refractivity contribution in [3.63, 3.8) is 0 Å². The van der Waals surface area contributed by atoms with Crippen molar-refractivity contribution in [2.45, 2.75) is 12.9 Å². The summed E-state index contributed by atoms with van der Waals surface area (Å²) in [4.78, 5) is 11.9. The van der Waals surface area contributed by atoms with Gasteiger partial charge in [0.1, 0.15) is 5.75 Å². The summed E-state index contributed by atoms with van der Waals surface area (Å²) in [6.45, 7) is 0.248. The number of benzene rings is 3. The molecule has 0 saturated heterocycles. The van der Waals surface area contributed by atoms with E-state index < -0.39 is 12.3 Å². The number of hydrogen-bond acceptors (Lipinski definition) is 2. The lowest BCUT2D eigenvalue weighted by Crippen LogP contribution is -2.17. The largest absolute Gasteiger partial charge is 0.573 e. The quantitative estimate of drug-likeness (QED) is 0.476. The van der Waals surface area contributed by atoms with Crippen molar-refractivity contribution in [3.05, 3.63) is 76.8 Å². The zero-order chi connectivity index (χ0) is 20.8. The van der Waals surface area contributed by atoms with Gasteiger partial charge in [-0.3, -0.25) is 4.79 Å². The summed E-state index contributed by atoms with van der Waals surface area (Å²) >= 11 is 6.17. The van der Waals surface area contributed by atoms with E-state index in [1.807, 2.05) is 10.6 Å².